The first-order valence-corrected chi connectivity index (χ1v) is 8.90. The maximum atomic E-state index is 5.71. The molecule has 0 aliphatic heterocycles. The molecular formula is C20H25NO2S. The van der Waals surface area contributed by atoms with Gasteiger partial charge in [-0.05, 0) is 61.9 Å². The topological polar surface area (TPSA) is 30.5 Å². The molecule has 0 aliphatic rings. The molecule has 0 spiro atoms. The molecule has 0 atom stereocenters. The summed E-state index contributed by atoms with van der Waals surface area (Å²) in [5, 5.41) is 3.25. The van der Waals surface area contributed by atoms with Crippen LogP contribution in [0.25, 0.3) is 0 Å². The SMILES string of the molecule is CCCCCOc1ccc(NC(=S)c2ccc(OCC)cc2)cc1. The lowest BCUT2D eigenvalue weighted by Crippen LogP contribution is -2.10. The molecule has 0 bridgehead atoms. The molecule has 0 heterocycles. The second-order valence-corrected chi connectivity index (χ2v) is 5.90. The van der Waals surface area contributed by atoms with Gasteiger partial charge >= 0.3 is 0 Å². The highest BCUT2D eigenvalue weighted by Crippen LogP contribution is 2.18. The molecule has 128 valence electrons. The van der Waals surface area contributed by atoms with Crippen molar-refractivity contribution < 1.29 is 9.47 Å². The lowest BCUT2D eigenvalue weighted by atomic mass is 10.2. The first kappa shape index (κ1) is 18.3. The van der Waals surface area contributed by atoms with Crippen LogP contribution in [-0.2, 0) is 0 Å². The number of nitrogens with one attached hydrogen (secondary N) is 1. The molecular weight excluding hydrogens is 318 g/mol. The summed E-state index contributed by atoms with van der Waals surface area (Å²) in [5.74, 6) is 1.75. The summed E-state index contributed by atoms with van der Waals surface area (Å²) in [5.41, 5.74) is 1.92. The molecule has 3 nitrogen and oxygen atoms in total. The maximum Gasteiger partial charge on any atom is 0.119 e. The Morgan fingerprint density at radius 1 is 0.875 bits per heavy atom. The van der Waals surface area contributed by atoms with Crippen LogP contribution in [0.1, 0.15) is 38.7 Å². The second kappa shape index (κ2) is 9.93. The van der Waals surface area contributed by atoms with E-state index in [0.29, 0.717) is 11.6 Å². The van der Waals surface area contributed by atoms with Gasteiger partial charge in [-0.15, -0.1) is 0 Å². The number of rotatable bonds is 9. The monoisotopic (exact) mass is 343 g/mol. The van der Waals surface area contributed by atoms with Gasteiger partial charge in [-0.2, -0.15) is 0 Å². The smallest absolute Gasteiger partial charge is 0.119 e. The molecule has 0 aliphatic carbocycles. The zero-order valence-electron chi connectivity index (χ0n) is 14.4. The van der Waals surface area contributed by atoms with Gasteiger partial charge in [0.15, 0.2) is 0 Å². The normalized spacial score (nSPS) is 10.2. The van der Waals surface area contributed by atoms with E-state index in [4.69, 9.17) is 21.7 Å². The average Bonchev–Trinajstić information content (AvgIpc) is 2.61. The third-order valence-electron chi connectivity index (χ3n) is 3.56. The molecule has 0 radical (unpaired) electrons. The van der Waals surface area contributed by atoms with Crippen LogP contribution in [0.5, 0.6) is 11.5 Å². The van der Waals surface area contributed by atoms with E-state index in [1.54, 1.807) is 0 Å². The van der Waals surface area contributed by atoms with E-state index in [1.807, 2.05) is 55.5 Å². The third kappa shape index (κ3) is 5.85. The first-order chi connectivity index (χ1) is 11.7. The Bertz CT molecular complexity index is 623. The summed E-state index contributed by atoms with van der Waals surface area (Å²) in [4.78, 5) is 0.690. The summed E-state index contributed by atoms with van der Waals surface area (Å²) >= 11 is 5.46. The van der Waals surface area contributed by atoms with Gasteiger partial charge in [0.1, 0.15) is 16.5 Å². The number of ether oxygens (including phenoxy) is 2. The Balaban J connectivity index is 1.87. The lowest BCUT2D eigenvalue weighted by molar-refractivity contribution is 0.306. The highest BCUT2D eigenvalue weighted by molar-refractivity contribution is 7.81. The predicted molar refractivity (Wildman–Crippen MR) is 104 cm³/mol. The molecule has 0 fully saturated rings. The molecule has 0 amide bonds. The van der Waals surface area contributed by atoms with Crippen LogP contribution < -0.4 is 14.8 Å². The summed E-state index contributed by atoms with van der Waals surface area (Å²) in [7, 11) is 0. The number of thiocarbonyl (C=S) groups is 1. The van der Waals surface area contributed by atoms with Gasteiger partial charge in [0.05, 0.1) is 13.2 Å². The van der Waals surface area contributed by atoms with Gasteiger partial charge in [-0.1, -0.05) is 32.0 Å². The largest absolute Gasteiger partial charge is 0.494 e. The van der Waals surface area contributed by atoms with Crippen molar-refractivity contribution in [1.82, 2.24) is 0 Å². The number of unbranched alkanes of at least 4 members (excludes halogenated alkanes) is 2. The van der Waals surface area contributed by atoms with Gasteiger partial charge in [0.25, 0.3) is 0 Å². The number of hydrogen-bond acceptors (Lipinski definition) is 3. The molecule has 2 rings (SSSR count). The Labute approximate surface area is 150 Å². The van der Waals surface area contributed by atoms with Gasteiger partial charge in [-0.3, -0.25) is 0 Å². The van der Waals surface area contributed by atoms with E-state index < -0.39 is 0 Å². The fraction of sp³-hybridized carbons (Fsp3) is 0.350. The second-order valence-electron chi connectivity index (χ2n) is 5.49. The number of benzene rings is 2. The summed E-state index contributed by atoms with van der Waals surface area (Å²) in [6.07, 6.45) is 3.50. The van der Waals surface area contributed by atoms with Crippen molar-refractivity contribution in [1.29, 1.82) is 0 Å². The van der Waals surface area contributed by atoms with Crippen molar-refractivity contribution in [2.24, 2.45) is 0 Å². The highest BCUT2D eigenvalue weighted by Gasteiger charge is 2.03. The van der Waals surface area contributed by atoms with Crippen LogP contribution in [0.15, 0.2) is 48.5 Å². The molecule has 1 N–H and O–H groups in total. The number of hydrogen-bond donors (Lipinski definition) is 1. The van der Waals surface area contributed by atoms with E-state index in [0.717, 1.165) is 35.8 Å². The van der Waals surface area contributed by atoms with Gasteiger partial charge in [0, 0.05) is 11.3 Å². The van der Waals surface area contributed by atoms with Crippen LogP contribution in [0, 0.1) is 0 Å². The Hall–Kier alpha value is -2.07. The molecule has 24 heavy (non-hydrogen) atoms. The van der Waals surface area contributed by atoms with Gasteiger partial charge in [0.2, 0.25) is 0 Å². The van der Waals surface area contributed by atoms with E-state index in [9.17, 15) is 0 Å². The van der Waals surface area contributed by atoms with Crippen LogP contribution >= 0.6 is 12.2 Å². The third-order valence-corrected chi connectivity index (χ3v) is 3.89. The molecule has 2 aromatic rings. The van der Waals surface area contributed by atoms with E-state index in [-0.39, 0.29) is 0 Å². The molecule has 0 aromatic heterocycles. The number of anilines is 1. The van der Waals surface area contributed by atoms with E-state index in [2.05, 4.69) is 12.2 Å². The molecule has 0 saturated carbocycles. The van der Waals surface area contributed by atoms with Crippen molar-refractivity contribution >= 4 is 22.9 Å². The maximum absolute atomic E-state index is 5.71. The fourth-order valence-electron chi connectivity index (χ4n) is 2.25. The van der Waals surface area contributed by atoms with Gasteiger partial charge in [-0.25, -0.2) is 0 Å². The van der Waals surface area contributed by atoms with Crippen LogP contribution in [0.2, 0.25) is 0 Å². The van der Waals surface area contributed by atoms with Gasteiger partial charge < -0.3 is 14.8 Å². The summed E-state index contributed by atoms with van der Waals surface area (Å²) < 4.78 is 11.2. The zero-order chi connectivity index (χ0) is 17.2. The zero-order valence-corrected chi connectivity index (χ0v) is 15.2. The van der Waals surface area contributed by atoms with Crippen molar-refractivity contribution in [2.45, 2.75) is 33.1 Å². The molecule has 2 aromatic carbocycles. The fourth-order valence-corrected chi connectivity index (χ4v) is 2.50. The minimum absolute atomic E-state index is 0.662. The Morgan fingerprint density at radius 2 is 1.50 bits per heavy atom. The van der Waals surface area contributed by atoms with Crippen LogP contribution in [-0.4, -0.2) is 18.2 Å². The van der Waals surface area contributed by atoms with Crippen molar-refractivity contribution in [3.8, 4) is 11.5 Å². The van der Waals surface area contributed by atoms with Crippen LogP contribution in [0.4, 0.5) is 5.69 Å². The highest BCUT2D eigenvalue weighted by atomic mass is 32.1. The Kier molecular flexibility index (Phi) is 7.56. The molecule has 0 saturated heterocycles. The summed E-state index contributed by atoms with van der Waals surface area (Å²) in [6, 6.07) is 15.7. The first-order valence-electron chi connectivity index (χ1n) is 8.50. The average molecular weight is 343 g/mol. The Morgan fingerprint density at radius 3 is 2.12 bits per heavy atom. The van der Waals surface area contributed by atoms with Crippen molar-refractivity contribution in [3.05, 3.63) is 54.1 Å². The quantitative estimate of drug-likeness (QED) is 0.485. The minimum atomic E-state index is 0.662. The van der Waals surface area contributed by atoms with Crippen molar-refractivity contribution in [3.63, 3.8) is 0 Å². The minimum Gasteiger partial charge on any atom is -0.494 e. The molecule has 4 heteroatoms. The molecule has 0 unspecified atom stereocenters. The standard InChI is InChI=1S/C20H25NO2S/c1-3-5-6-15-23-19-13-9-17(10-14-19)21-20(24)16-7-11-18(12-8-16)22-4-2/h7-14H,3-6,15H2,1-2H3,(H,21,24). The van der Waals surface area contributed by atoms with E-state index >= 15 is 0 Å². The van der Waals surface area contributed by atoms with Crippen LogP contribution in [0.3, 0.4) is 0 Å². The van der Waals surface area contributed by atoms with Crippen molar-refractivity contribution in [2.75, 3.05) is 18.5 Å². The predicted octanol–water partition coefficient (Wildman–Crippen LogP) is 5.44. The lowest BCUT2D eigenvalue weighted by Gasteiger charge is -2.10. The summed E-state index contributed by atoms with van der Waals surface area (Å²) in [6.45, 7) is 5.59. The van der Waals surface area contributed by atoms with E-state index in [1.165, 1.54) is 12.8 Å².